The van der Waals surface area contributed by atoms with Gasteiger partial charge in [-0.3, -0.25) is 0 Å². The number of benzene rings is 2. The molecule has 0 radical (unpaired) electrons. The van der Waals surface area contributed by atoms with Crippen LogP contribution in [0.3, 0.4) is 0 Å². The summed E-state index contributed by atoms with van der Waals surface area (Å²) < 4.78 is 18.7. The number of rotatable bonds is 5. The monoisotopic (exact) mass is 344 g/mol. The van der Waals surface area contributed by atoms with Crippen molar-refractivity contribution in [1.82, 2.24) is 4.90 Å². The second-order valence-electron chi connectivity index (χ2n) is 6.08. The standard InChI is InChI=1S/C19H21FN2O3/c20-15-7-9-16(10-8-15)21-19(24)22(13-17-5-3-11-25-17)12-14-4-1-2-6-18(14)23/h1-2,4,6-10,17,23H,3,5,11-13H2,(H,21,24). The first-order valence-corrected chi connectivity index (χ1v) is 8.32. The topological polar surface area (TPSA) is 61.8 Å². The first-order valence-electron chi connectivity index (χ1n) is 8.32. The molecule has 25 heavy (non-hydrogen) atoms. The number of carbonyl (C=O) groups is 1. The lowest BCUT2D eigenvalue weighted by Crippen LogP contribution is -2.39. The normalized spacial score (nSPS) is 16.6. The van der Waals surface area contributed by atoms with Gasteiger partial charge >= 0.3 is 6.03 Å². The van der Waals surface area contributed by atoms with Gasteiger partial charge in [0.1, 0.15) is 11.6 Å². The van der Waals surface area contributed by atoms with E-state index in [1.807, 2.05) is 6.07 Å². The highest BCUT2D eigenvalue weighted by molar-refractivity contribution is 5.89. The zero-order valence-electron chi connectivity index (χ0n) is 13.8. The number of nitrogens with one attached hydrogen (secondary N) is 1. The summed E-state index contributed by atoms with van der Waals surface area (Å²) >= 11 is 0. The molecule has 1 atom stereocenters. The van der Waals surface area contributed by atoms with E-state index in [1.54, 1.807) is 23.1 Å². The molecular weight excluding hydrogens is 323 g/mol. The molecular formula is C19H21FN2O3. The fourth-order valence-corrected chi connectivity index (χ4v) is 2.84. The predicted octanol–water partition coefficient (Wildman–Crippen LogP) is 3.74. The summed E-state index contributed by atoms with van der Waals surface area (Å²) in [5, 5.41) is 12.8. The smallest absolute Gasteiger partial charge is 0.322 e. The lowest BCUT2D eigenvalue weighted by molar-refractivity contribution is 0.0817. The van der Waals surface area contributed by atoms with Crippen LogP contribution in [0.4, 0.5) is 14.9 Å². The van der Waals surface area contributed by atoms with Crippen molar-refractivity contribution in [3.8, 4) is 5.75 Å². The van der Waals surface area contributed by atoms with Gasteiger partial charge in [0.2, 0.25) is 0 Å². The van der Waals surface area contributed by atoms with Crippen LogP contribution in [-0.4, -0.2) is 35.3 Å². The number of hydrogen-bond donors (Lipinski definition) is 2. The minimum absolute atomic E-state index is 0.00942. The van der Waals surface area contributed by atoms with Crippen LogP contribution in [0.1, 0.15) is 18.4 Å². The van der Waals surface area contributed by atoms with Gasteiger partial charge in [0.25, 0.3) is 0 Å². The molecule has 1 heterocycles. The van der Waals surface area contributed by atoms with E-state index in [-0.39, 0.29) is 30.2 Å². The minimum Gasteiger partial charge on any atom is -0.508 e. The van der Waals surface area contributed by atoms with Crippen molar-refractivity contribution in [3.05, 3.63) is 59.9 Å². The van der Waals surface area contributed by atoms with Crippen LogP contribution in [0.15, 0.2) is 48.5 Å². The Hall–Kier alpha value is -2.60. The van der Waals surface area contributed by atoms with Gasteiger partial charge in [-0.2, -0.15) is 0 Å². The maximum absolute atomic E-state index is 13.0. The molecule has 0 bridgehead atoms. The number of hydrogen-bond acceptors (Lipinski definition) is 3. The van der Waals surface area contributed by atoms with E-state index in [2.05, 4.69) is 5.32 Å². The second kappa shape index (κ2) is 7.98. The lowest BCUT2D eigenvalue weighted by atomic mass is 10.1. The minimum atomic E-state index is -0.358. The van der Waals surface area contributed by atoms with Crippen molar-refractivity contribution in [2.24, 2.45) is 0 Å². The Labute approximate surface area is 146 Å². The van der Waals surface area contributed by atoms with Crippen LogP contribution in [-0.2, 0) is 11.3 Å². The molecule has 1 fully saturated rings. The Morgan fingerprint density at radius 3 is 2.68 bits per heavy atom. The van der Waals surface area contributed by atoms with E-state index in [1.165, 1.54) is 24.3 Å². The number of phenols is 1. The summed E-state index contributed by atoms with van der Waals surface area (Å²) in [6, 6.07) is 12.2. The Bertz CT molecular complexity index is 715. The number of amides is 2. The van der Waals surface area contributed by atoms with Crippen molar-refractivity contribution in [3.63, 3.8) is 0 Å². The Kier molecular flexibility index (Phi) is 5.50. The molecule has 1 saturated heterocycles. The molecule has 5 nitrogen and oxygen atoms in total. The third-order valence-electron chi connectivity index (χ3n) is 4.18. The first-order chi connectivity index (χ1) is 12.1. The van der Waals surface area contributed by atoms with Gasteiger partial charge in [0, 0.05) is 24.4 Å². The summed E-state index contributed by atoms with van der Waals surface area (Å²) in [7, 11) is 0. The molecule has 1 aliphatic rings. The van der Waals surface area contributed by atoms with Crippen LogP contribution in [0.25, 0.3) is 0 Å². The van der Waals surface area contributed by atoms with Gasteiger partial charge in [-0.25, -0.2) is 9.18 Å². The van der Waals surface area contributed by atoms with Gasteiger partial charge in [0.15, 0.2) is 0 Å². The fraction of sp³-hybridized carbons (Fsp3) is 0.316. The number of anilines is 1. The largest absolute Gasteiger partial charge is 0.508 e. The van der Waals surface area contributed by atoms with Crippen molar-refractivity contribution >= 4 is 11.7 Å². The van der Waals surface area contributed by atoms with E-state index in [4.69, 9.17) is 4.74 Å². The molecule has 6 heteroatoms. The van der Waals surface area contributed by atoms with Crippen molar-refractivity contribution in [2.45, 2.75) is 25.5 Å². The third-order valence-corrected chi connectivity index (χ3v) is 4.18. The van der Waals surface area contributed by atoms with Gasteiger partial charge in [-0.1, -0.05) is 18.2 Å². The highest BCUT2D eigenvalue weighted by Crippen LogP contribution is 2.21. The Morgan fingerprint density at radius 1 is 1.24 bits per heavy atom. The molecule has 0 saturated carbocycles. The summed E-state index contributed by atoms with van der Waals surface area (Å²) in [6.45, 7) is 1.40. The molecule has 2 amide bonds. The van der Waals surface area contributed by atoms with E-state index < -0.39 is 0 Å². The van der Waals surface area contributed by atoms with Gasteiger partial charge in [-0.15, -0.1) is 0 Å². The fourth-order valence-electron chi connectivity index (χ4n) is 2.84. The summed E-state index contributed by atoms with van der Waals surface area (Å²) in [5.41, 5.74) is 1.18. The number of phenolic OH excluding ortho intramolecular Hbond substituents is 1. The molecule has 3 rings (SSSR count). The van der Waals surface area contributed by atoms with Crippen LogP contribution in [0.5, 0.6) is 5.75 Å². The van der Waals surface area contributed by atoms with Crippen LogP contribution in [0.2, 0.25) is 0 Å². The number of para-hydroxylation sites is 1. The summed E-state index contributed by atoms with van der Waals surface area (Å²) in [4.78, 5) is 14.3. The third kappa shape index (κ3) is 4.70. The van der Waals surface area contributed by atoms with E-state index in [0.717, 1.165) is 12.8 Å². The average molecular weight is 344 g/mol. The molecule has 2 aromatic rings. The van der Waals surface area contributed by atoms with Crippen molar-refractivity contribution < 1.29 is 19.0 Å². The van der Waals surface area contributed by atoms with E-state index >= 15 is 0 Å². The zero-order valence-corrected chi connectivity index (χ0v) is 13.8. The molecule has 2 N–H and O–H groups in total. The first kappa shape index (κ1) is 17.2. The number of ether oxygens (including phenoxy) is 1. The number of nitrogens with zero attached hydrogens (tertiary/aromatic N) is 1. The molecule has 1 unspecified atom stereocenters. The molecule has 0 spiro atoms. The van der Waals surface area contributed by atoms with Crippen LogP contribution in [0, 0.1) is 5.82 Å². The number of carbonyl (C=O) groups excluding carboxylic acids is 1. The quantitative estimate of drug-likeness (QED) is 0.868. The number of aromatic hydroxyl groups is 1. The highest BCUT2D eigenvalue weighted by Gasteiger charge is 2.23. The van der Waals surface area contributed by atoms with Crippen molar-refractivity contribution in [2.75, 3.05) is 18.5 Å². The second-order valence-corrected chi connectivity index (χ2v) is 6.08. The van der Waals surface area contributed by atoms with Gasteiger partial charge in [0.05, 0.1) is 12.6 Å². The molecule has 2 aromatic carbocycles. The predicted molar refractivity (Wildman–Crippen MR) is 92.9 cm³/mol. The zero-order chi connectivity index (χ0) is 17.6. The summed E-state index contributed by atoms with van der Waals surface area (Å²) in [5.74, 6) is -0.210. The molecule has 132 valence electrons. The highest BCUT2D eigenvalue weighted by atomic mass is 19.1. The SMILES string of the molecule is O=C(Nc1ccc(F)cc1)N(Cc1ccccc1O)CC1CCCO1. The lowest BCUT2D eigenvalue weighted by Gasteiger charge is -2.26. The average Bonchev–Trinajstić information content (AvgIpc) is 3.11. The van der Waals surface area contributed by atoms with Gasteiger partial charge in [-0.05, 0) is 43.2 Å². The molecule has 1 aliphatic heterocycles. The number of urea groups is 1. The number of halogens is 1. The molecule has 0 aromatic heterocycles. The van der Waals surface area contributed by atoms with Crippen LogP contribution >= 0.6 is 0 Å². The Morgan fingerprint density at radius 2 is 2.00 bits per heavy atom. The molecule has 0 aliphatic carbocycles. The van der Waals surface area contributed by atoms with Crippen LogP contribution < -0.4 is 5.32 Å². The maximum Gasteiger partial charge on any atom is 0.322 e. The van der Waals surface area contributed by atoms with Gasteiger partial charge < -0.3 is 20.1 Å². The van der Waals surface area contributed by atoms with E-state index in [0.29, 0.717) is 24.4 Å². The summed E-state index contributed by atoms with van der Waals surface area (Å²) in [6.07, 6.45) is 1.88. The van der Waals surface area contributed by atoms with E-state index in [9.17, 15) is 14.3 Å². The maximum atomic E-state index is 13.0. The van der Waals surface area contributed by atoms with Crippen molar-refractivity contribution in [1.29, 1.82) is 0 Å². The Balaban J connectivity index is 1.73.